The van der Waals surface area contributed by atoms with Crippen molar-refractivity contribution in [3.63, 3.8) is 0 Å². The Morgan fingerprint density at radius 2 is 1.78 bits per heavy atom. The summed E-state index contributed by atoms with van der Waals surface area (Å²) in [5.74, 6) is -0.968. The van der Waals surface area contributed by atoms with Crippen molar-refractivity contribution in [3.8, 4) is 0 Å². The number of halogens is 1. The van der Waals surface area contributed by atoms with Gasteiger partial charge < -0.3 is 10.1 Å². The van der Waals surface area contributed by atoms with Gasteiger partial charge in [-0.05, 0) is 37.4 Å². The van der Waals surface area contributed by atoms with Gasteiger partial charge in [-0.1, -0.05) is 35.9 Å². The topological polar surface area (TPSA) is 55.4 Å². The molecule has 0 radical (unpaired) electrons. The predicted molar refractivity (Wildman–Crippen MR) is 93.2 cm³/mol. The highest BCUT2D eigenvalue weighted by Gasteiger charge is 2.21. The molecule has 0 aromatic heterocycles. The number of ether oxygens (including phenoxy) is 1. The molecule has 0 aliphatic rings. The molecule has 23 heavy (non-hydrogen) atoms. The number of rotatable bonds is 5. The Bertz CT molecular complexity index is 720. The van der Waals surface area contributed by atoms with Gasteiger partial charge in [0.15, 0.2) is 6.10 Å². The summed E-state index contributed by atoms with van der Waals surface area (Å²) < 4.78 is 5.25. The Morgan fingerprint density at radius 1 is 1.13 bits per heavy atom. The van der Waals surface area contributed by atoms with Gasteiger partial charge in [0.25, 0.3) is 5.91 Å². The summed E-state index contributed by atoms with van der Waals surface area (Å²) in [6.07, 6.45) is 0.938. The number of thioether (sulfide) groups is 1. The standard InChI is InChI=1S/C17H16ClNO3S/c1-11(16(20)19-14-9-5-4-8-13(14)18)22-17(21)12-7-3-6-10-15(12)23-2/h3-11H,1-2H3,(H,19,20)/t11-/m1/s1. The van der Waals surface area contributed by atoms with E-state index in [-0.39, 0.29) is 0 Å². The molecular formula is C17H16ClNO3S. The lowest BCUT2D eigenvalue weighted by Crippen LogP contribution is -2.30. The fourth-order valence-corrected chi connectivity index (χ4v) is 2.66. The Labute approximate surface area is 144 Å². The second kappa shape index (κ2) is 8.04. The number of esters is 1. The molecule has 1 N–H and O–H groups in total. The first-order valence-corrected chi connectivity index (χ1v) is 8.52. The molecule has 1 amide bonds. The number of hydrogen-bond acceptors (Lipinski definition) is 4. The van der Waals surface area contributed by atoms with Gasteiger partial charge in [0.1, 0.15) is 0 Å². The largest absolute Gasteiger partial charge is 0.449 e. The van der Waals surface area contributed by atoms with E-state index in [0.29, 0.717) is 16.3 Å². The lowest BCUT2D eigenvalue weighted by atomic mass is 10.2. The lowest BCUT2D eigenvalue weighted by molar-refractivity contribution is -0.123. The van der Waals surface area contributed by atoms with Crippen molar-refractivity contribution in [1.82, 2.24) is 0 Å². The van der Waals surface area contributed by atoms with E-state index in [2.05, 4.69) is 5.32 Å². The fourth-order valence-electron chi connectivity index (χ4n) is 1.89. The van der Waals surface area contributed by atoms with Gasteiger partial charge in [-0.25, -0.2) is 4.79 Å². The molecule has 0 fully saturated rings. The Hall–Kier alpha value is -1.98. The molecule has 0 heterocycles. The molecule has 2 aromatic carbocycles. The monoisotopic (exact) mass is 349 g/mol. The highest BCUT2D eigenvalue weighted by atomic mass is 35.5. The third-order valence-corrected chi connectivity index (χ3v) is 4.24. The van der Waals surface area contributed by atoms with Gasteiger partial charge in [0.2, 0.25) is 0 Å². The van der Waals surface area contributed by atoms with E-state index in [1.807, 2.05) is 18.4 Å². The van der Waals surface area contributed by atoms with Crippen molar-refractivity contribution < 1.29 is 14.3 Å². The van der Waals surface area contributed by atoms with Crippen molar-refractivity contribution in [3.05, 3.63) is 59.1 Å². The lowest BCUT2D eigenvalue weighted by Gasteiger charge is -2.15. The number of amides is 1. The van der Waals surface area contributed by atoms with Crippen LogP contribution in [-0.4, -0.2) is 24.2 Å². The second-order valence-electron chi connectivity index (χ2n) is 4.72. The molecule has 2 rings (SSSR count). The van der Waals surface area contributed by atoms with Crippen LogP contribution in [0.15, 0.2) is 53.4 Å². The van der Waals surface area contributed by atoms with Gasteiger partial charge in [-0.3, -0.25) is 4.79 Å². The first-order chi connectivity index (χ1) is 11.0. The molecule has 0 aliphatic carbocycles. The van der Waals surface area contributed by atoms with Crippen LogP contribution in [0.3, 0.4) is 0 Å². The van der Waals surface area contributed by atoms with Crippen molar-refractivity contribution in [1.29, 1.82) is 0 Å². The smallest absolute Gasteiger partial charge is 0.340 e. The van der Waals surface area contributed by atoms with Gasteiger partial charge in [-0.2, -0.15) is 0 Å². The van der Waals surface area contributed by atoms with Crippen LogP contribution in [0, 0.1) is 0 Å². The first kappa shape index (κ1) is 17.4. The molecule has 1 atom stereocenters. The minimum atomic E-state index is -0.936. The van der Waals surface area contributed by atoms with E-state index in [0.717, 1.165) is 4.90 Å². The summed E-state index contributed by atoms with van der Waals surface area (Å²) in [6.45, 7) is 1.52. The van der Waals surface area contributed by atoms with Crippen LogP contribution in [0.2, 0.25) is 5.02 Å². The van der Waals surface area contributed by atoms with E-state index >= 15 is 0 Å². The molecule has 0 aliphatic heterocycles. The van der Waals surface area contributed by atoms with Crippen LogP contribution in [0.25, 0.3) is 0 Å². The number of carbonyl (C=O) groups excluding carboxylic acids is 2. The van der Waals surface area contributed by atoms with Gasteiger partial charge >= 0.3 is 5.97 Å². The van der Waals surface area contributed by atoms with Crippen molar-refractivity contribution in [2.45, 2.75) is 17.9 Å². The van der Waals surface area contributed by atoms with E-state index in [9.17, 15) is 9.59 Å². The van der Waals surface area contributed by atoms with Crippen molar-refractivity contribution in [2.24, 2.45) is 0 Å². The molecule has 0 saturated carbocycles. The maximum atomic E-state index is 12.2. The maximum absolute atomic E-state index is 12.2. The van der Waals surface area contributed by atoms with E-state index in [1.165, 1.54) is 18.7 Å². The highest BCUT2D eigenvalue weighted by Crippen LogP contribution is 2.22. The maximum Gasteiger partial charge on any atom is 0.340 e. The number of hydrogen-bond donors (Lipinski definition) is 1. The summed E-state index contributed by atoms with van der Waals surface area (Å²) in [6, 6.07) is 14.0. The normalized spacial score (nSPS) is 11.6. The average molecular weight is 350 g/mol. The molecule has 4 nitrogen and oxygen atoms in total. The van der Waals surface area contributed by atoms with E-state index in [1.54, 1.807) is 36.4 Å². The summed E-state index contributed by atoms with van der Waals surface area (Å²) >= 11 is 7.43. The molecule has 0 spiro atoms. The Morgan fingerprint density at radius 3 is 2.48 bits per heavy atom. The molecule has 2 aromatic rings. The SMILES string of the molecule is CSc1ccccc1C(=O)O[C@H](C)C(=O)Nc1ccccc1Cl. The van der Waals surface area contributed by atoms with Gasteiger partial charge in [0, 0.05) is 4.90 Å². The zero-order valence-corrected chi connectivity index (χ0v) is 14.3. The summed E-state index contributed by atoms with van der Waals surface area (Å²) in [7, 11) is 0. The van der Waals surface area contributed by atoms with E-state index in [4.69, 9.17) is 16.3 Å². The zero-order chi connectivity index (χ0) is 16.8. The quantitative estimate of drug-likeness (QED) is 0.647. The Balaban J connectivity index is 2.03. The number of para-hydroxylation sites is 1. The number of benzene rings is 2. The first-order valence-electron chi connectivity index (χ1n) is 6.92. The highest BCUT2D eigenvalue weighted by molar-refractivity contribution is 7.98. The Kier molecular flexibility index (Phi) is 6.07. The number of anilines is 1. The fraction of sp³-hybridized carbons (Fsp3) is 0.176. The molecule has 120 valence electrons. The molecule has 0 saturated heterocycles. The van der Waals surface area contributed by atoms with Crippen LogP contribution < -0.4 is 5.32 Å². The second-order valence-corrected chi connectivity index (χ2v) is 5.97. The molecular weight excluding hydrogens is 334 g/mol. The third kappa shape index (κ3) is 4.50. The van der Waals surface area contributed by atoms with Crippen molar-refractivity contribution in [2.75, 3.05) is 11.6 Å². The van der Waals surface area contributed by atoms with Gasteiger partial charge in [0.05, 0.1) is 16.3 Å². The van der Waals surface area contributed by atoms with Gasteiger partial charge in [-0.15, -0.1) is 11.8 Å². The van der Waals surface area contributed by atoms with Crippen LogP contribution in [0.4, 0.5) is 5.69 Å². The van der Waals surface area contributed by atoms with E-state index < -0.39 is 18.0 Å². The van der Waals surface area contributed by atoms with Crippen LogP contribution in [0.1, 0.15) is 17.3 Å². The van der Waals surface area contributed by atoms with Crippen molar-refractivity contribution >= 4 is 40.9 Å². The third-order valence-electron chi connectivity index (χ3n) is 3.11. The molecule has 0 bridgehead atoms. The predicted octanol–water partition coefficient (Wildman–Crippen LogP) is 4.25. The molecule has 0 unspecified atom stereocenters. The summed E-state index contributed by atoms with van der Waals surface area (Å²) in [5, 5.41) is 3.07. The summed E-state index contributed by atoms with van der Waals surface area (Å²) in [5.41, 5.74) is 0.920. The van der Waals surface area contributed by atoms with Crippen LogP contribution in [-0.2, 0) is 9.53 Å². The van der Waals surface area contributed by atoms with Crippen LogP contribution >= 0.6 is 23.4 Å². The average Bonchev–Trinajstić information content (AvgIpc) is 2.56. The minimum Gasteiger partial charge on any atom is -0.449 e. The summed E-state index contributed by atoms with van der Waals surface area (Å²) in [4.78, 5) is 25.2. The van der Waals surface area contributed by atoms with Crippen LogP contribution in [0.5, 0.6) is 0 Å². The molecule has 6 heteroatoms. The minimum absolute atomic E-state index is 0.423. The number of carbonyl (C=O) groups is 2. The zero-order valence-electron chi connectivity index (χ0n) is 12.7. The number of nitrogens with one attached hydrogen (secondary N) is 1.